The Balaban J connectivity index is 1.89. The predicted molar refractivity (Wildman–Crippen MR) is 70.2 cm³/mol. The van der Waals surface area contributed by atoms with Crippen molar-refractivity contribution >= 4 is 21.7 Å². The number of ether oxygens (including phenoxy) is 1. The molecule has 4 nitrogen and oxygen atoms in total. The predicted octanol–water partition coefficient (Wildman–Crippen LogP) is 1.82. The molecular weight excluding hydrogens is 284 g/mol. The summed E-state index contributed by atoms with van der Waals surface area (Å²) in [6.45, 7) is 2.45. The van der Waals surface area contributed by atoms with Crippen molar-refractivity contribution in [3.63, 3.8) is 0 Å². The first-order chi connectivity index (χ1) is 8.31. The van der Waals surface area contributed by atoms with Gasteiger partial charge in [0.15, 0.2) is 0 Å². The zero-order valence-electron chi connectivity index (χ0n) is 9.68. The van der Waals surface area contributed by atoms with Gasteiger partial charge >= 0.3 is 0 Å². The molecule has 0 saturated carbocycles. The summed E-state index contributed by atoms with van der Waals surface area (Å²) in [5.74, 6) is 1.01. The van der Waals surface area contributed by atoms with Gasteiger partial charge in [0.25, 0.3) is 0 Å². The Morgan fingerprint density at radius 3 is 2.88 bits per heavy atom. The van der Waals surface area contributed by atoms with Gasteiger partial charge in [0.1, 0.15) is 5.82 Å². The number of hydrogen-bond donors (Lipinski definition) is 1. The van der Waals surface area contributed by atoms with E-state index in [-0.39, 0.29) is 12.7 Å². The quantitative estimate of drug-likeness (QED) is 0.921. The second kappa shape index (κ2) is 6.33. The van der Waals surface area contributed by atoms with Gasteiger partial charge in [-0.15, -0.1) is 0 Å². The van der Waals surface area contributed by atoms with E-state index in [2.05, 4.69) is 25.8 Å². The Morgan fingerprint density at radius 1 is 1.47 bits per heavy atom. The highest BCUT2D eigenvalue weighted by atomic mass is 79.9. The number of piperidine rings is 1. The molecule has 1 fully saturated rings. The van der Waals surface area contributed by atoms with Crippen molar-refractivity contribution in [2.24, 2.45) is 0 Å². The van der Waals surface area contributed by atoms with Crippen molar-refractivity contribution in [1.82, 2.24) is 4.98 Å². The van der Waals surface area contributed by atoms with Crippen molar-refractivity contribution in [2.45, 2.75) is 18.9 Å². The third-order valence-electron chi connectivity index (χ3n) is 2.93. The largest absolute Gasteiger partial charge is 0.394 e. The Bertz CT molecular complexity index is 354. The molecule has 2 heterocycles. The molecule has 1 aromatic heterocycles. The molecule has 0 unspecified atom stereocenters. The number of pyridine rings is 1. The Hall–Kier alpha value is -0.650. The summed E-state index contributed by atoms with van der Waals surface area (Å²) >= 11 is 3.52. The molecule has 0 aromatic carbocycles. The summed E-state index contributed by atoms with van der Waals surface area (Å²) in [5, 5.41) is 8.71. The van der Waals surface area contributed by atoms with Crippen LogP contribution in [-0.2, 0) is 4.74 Å². The van der Waals surface area contributed by atoms with Gasteiger partial charge in [-0.2, -0.15) is 0 Å². The minimum absolute atomic E-state index is 0.103. The molecule has 0 bridgehead atoms. The second-order valence-corrected chi connectivity index (χ2v) is 4.94. The molecule has 94 valence electrons. The molecular formula is C12H17BrN2O2. The van der Waals surface area contributed by atoms with Crippen molar-refractivity contribution < 1.29 is 9.84 Å². The molecule has 0 atom stereocenters. The molecule has 1 aromatic rings. The highest BCUT2D eigenvalue weighted by molar-refractivity contribution is 9.10. The average Bonchev–Trinajstić information content (AvgIpc) is 2.38. The van der Waals surface area contributed by atoms with E-state index >= 15 is 0 Å². The van der Waals surface area contributed by atoms with Crippen LogP contribution in [0, 0.1) is 0 Å². The lowest BCUT2D eigenvalue weighted by atomic mass is 10.1. The van der Waals surface area contributed by atoms with Crippen molar-refractivity contribution in [3.05, 3.63) is 22.8 Å². The third kappa shape index (κ3) is 3.40. The van der Waals surface area contributed by atoms with Gasteiger partial charge in [0.05, 0.1) is 23.8 Å². The minimum atomic E-state index is 0.103. The summed E-state index contributed by atoms with van der Waals surface area (Å²) < 4.78 is 6.57. The number of aromatic nitrogens is 1. The standard InChI is InChI=1S/C12H17BrN2O2/c13-11-2-1-5-14-12(11)15-6-3-10(4-7-15)17-9-8-16/h1-2,5,10,16H,3-4,6-9H2. The maximum Gasteiger partial charge on any atom is 0.142 e. The number of aliphatic hydroxyl groups excluding tert-OH is 1. The maximum atomic E-state index is 8.71. The lowest BCUT2D eigenvalue weighted by Crippen LogP contribution is -2.38. The van der Waals surface area contributed by atoms with Crippen LogP contribution in [0.1, 0.15) is 12.8 Å². The fraction of sp³-hybridized carbons (Fsp3) is 0.583. The Morgan fingerprint density at radius 2 is 2.24 bits per heavy atom. The maximum absolute atomic E-state index is 8.71. The van der Waals surface area contributed by atoms with E-state index in [1.807, 2.05) is 18.3 Å². The molecule has 0 radical (unpaired) electrons. The van der Waals surface area contributed by atoms with E-state index in [1.165, 1.54) is 0 Å². The van der Waals surface area contributed by atoms with Crippen molar-refractivity contribution in [1.29, 1.82) is 0 Å². The third-order valence-corrected chi connectivity index (χ3v) is 3.54. The highest BCUT2D eigenvalue weighted by Gasteiger charge is 2.21. The monoisotopic (exact) mass is 300 g/mol. The second-order valence-electron chi connectivity index (χ2n) is 4.09. The van der Waals surface area contributed by atoms with E-state index in [1.54, 1.807) is 0 Å². The van der Waals surface area contributed by atoms with E-state index in [0.29, 0.717) is 6.61 Å². The summed E-state index contributed by atoms with van der Waals surface area (Å²) in [6.07, 6.45) is 4.07. The minimum Gasteiger partial charge on any atom is -0.394 e. The molecule has 0 amide bonds. The summed E-state index contributed by atoms with van der Waals surface area (Å²) in [5.41, 5.74) is 0. The van der Waals surface area contributed by atoms with Crippen LogP contribution in [0.25, 0.3) is 0 Å². The number of aliphatic hydroxyl groups is 1. The first-order valence-corrected chi connectivity index (χ1v) is 6.68. The van der Waals surface area contributed by atoms with Crippen LogP contribution in [0.15, 0.2) is 22.8 Å². The first-order valence-electron chi connectivity index (χ1n) is 5.89. The van der Waals surface area contributed by atoms with Gasteiger partial charge in [-0.3, -0.25) is 0 Å². The van der Waals surface area contributed by atoms with Crippen LogP contribution in [0.3, 0.4) is 0 Å². The van der Waals surface area contributed by atoms with Gasteiger partial charge in [-0.25, -0.2) is 4.98 Å². The van der Waals surface area contributed by atoms with Gasteiger partial charge < -0.3 is 14.7 Å². The average molecular weight is 301 g/mol. The fourth-order valence-electron chi connectivity index (χ4n) is 2.06. The van der Waals surface area contributed by atoms with Gasteiger partial charge in [0.2, 0.25) is 0 Å². The number of hydrogen-bond acceptors (Lipinski definition) is 4. The lowest BCUT2D eigenvalue weighted by Gasteiger charge is -2.33. The number of halogens is 1. The van der Waals surface area contributed by atoms with Crippen LogP contribution in [0.5, 0.6) is 0 Å². The van der Waals surface area contributed by atoms with E-state index in [9.17, 15) is 0 Å². The molecule has 1 aliphatic rings. The zero-order valence-corrected chi connectivity index (χ0v) is 11.3. The number of anilines is 1. The van der Waals surface area contributed by atoms with Crippen molar-refractivity contribution in [3.8, 4) is 0 Å². The normalized spacial score (nSPS) is 17.4. The molecule has 1 N–H and O–H groups in total. The first kappa shape index (κ1) is 12.8. The van der Waals surface area contributed by atoms with Crippen LogP contribution in [0.2, 0.25) is 0 Å². The van der Waals surface area contributed by atoms with Crippen LogP contribution >= 0.6 is 15.9 Å². The molecule has 0 spiro atoms. The topological polar surface area (TPSA) is 45.6 Å². The number of nitrogens with zero attached hydrogens (tertiary/aromatic N) is 2. The van der Waals surface area contributed by atoms with Crippen molar-refractivity contribution in [2.75, 3.05) is 31.2 Å². The van der Waals surface area contributed by atoms with Gasteiger partial charge in [-0.1, -0.05) is 0 Å². The zero-order chi connectivity index (χ0) is 12.1. The fourth-order valence-corrected chi connectivity index (χ4v) is 2.57. The summed E-state index contributed by atoms with van der Waals surface area (Å²) in [4.78, 5) is 6.65. The summed E-state index contributed by atoms with van der Waals surface area (Å²) in [6, 6.07) is 3.93. The van der Waals surface area contributed by atoms with E-state index in [4.69, 9.17) is 9.84 Å². The Labute approximate surface area is 110 Å². The van der Waals surface area contributed by atoms with Gasteiger partial charge in [0, 0.05) is 19.3 Å². The van der Waals surface area contributed by atoms with E-state index < -0.39 is 0 Å². The summed E-state index contributed by atoms with van der Waals surface area (Å²) in [7, 11) is 0. The number of rotatable bonds is 4. The molecule has 1 aliphatic heterocycles. The SMILES string of the molecule is OCCOC1CCN(c2ncccc2Br)CC1. The molecule has 5 heteroatoms. The molecule has 0 aliphatic carbocycles. The molecule has 2 rings (SSSR count). The Kier molecular flexibility index (Phi) is 4.76. The molecule has 17 heavy (non-hydrogen) atoms. The van der Waals surface area contributed by atoms with E-state index in [0.717, 1.165) is 36.2 Å². The molecule has 1 saturated heterocycles. The highest BCUT2D eigenvalue weighted by Crippen LogP contribution is 2.26. The van der Waals surface area contributed by atoms with Gasteiger partial charge in [-0.05, 0) is 40.9 Å². The lowest BCUT2D eigenvalue weighted by molar-refractivity contribution is 0.0158. The van der Waals surface area contributed by atoms with Crippen LogP contribution < -0.4 is 4.90 Å². The van der Waals surface area contributed by atoms with Crippen LogP contribution in [0.4, 0.5) is 5.82 Å². The van der Waals surface area contributed by atoms with Crippen LogP contribution in [-0.4, -0.2) is 42.5 Å². The smallest absolute Gasteiger partial charge is 0.142 e.